The first-order valence-corrected chi connectivity index (χ1v) is 8.58. The first-order valence-electron chi connectivity index (χ1n) is 6.76. The van der Waals surface area contributed by atoms with Gasteiger partial charge < -0.3 is 15.3 Å². The average molecular weight is 304 g/mol. The highest BCUT2D eigenvalue weighted by atomic mass is 32.2. The highest BCUT2D eigenvalue weighted by Crippen LogP contribution is 2.25. The van der Waals surface area contributed by atoms with Crippen molar-refractivity contribution < 1.29 is 23.1 Å². The van der Waals surface area contributed by atoms with E-state index in [0.717, 1.165) is 0 Å². The van der Waals surface area contributed by atoms with Crippen LogP contribution in [0.2, 0.25) is 0 Å². The van der Waals surface area contributed by atoms with Gasteiger partial charge in [-0.2, -0.15) is 0 Å². The van der Waals surface area contributed by atoms with Crippen LogP contribution in [0.15, 0.2) is 0 Å². The van der Waals surface area contributed by atoms with Crippen LogP contribution in [-0.2, 0) is 19.4 Å². The number of rotatable bonds is 3. The Labute approximate surface area is 118 Å². The van der Waals surface area contributed by atoms with E-state index in [1.54, 1.807) is 11.8 Å². The van der Waals surface area contributed by atoms with Gasteiger partial charge in [0.2, 0.25) is 5.91 Å². The number of nitrogens with one attached hydrogen (secondary N) is 1. The monoisotopic (exact) mass is 304 g/mol. The van der Waals surface area contributed by atoms with E-state index < -0.39 is 21.7 Å². The van der Waals surface area contributed by atoms with Gasteiger partial charge in [-0.15, -0.1) is 0 Å². The molecule has 2 N–H and O–H groups in total. The van der Waals surface area contributed by atoms with Crippen LogP contribution in [0.1, 0.15) is 19.8 Å². The molecule has 0 radical (unpaired) electrons. The van der Waals surface area contributed by atoms with E-state index in [9.17, 15) is 18.0 Å². The lowest BCUT2D eigenvalue weighted by atomic mass is 10.0. The fourth-order valence-corrected chi connectivity index (χ4v) is 4.39. The van der Waals surface area contributed by atoms with Crippen LogP contribution in [0.4, 0.5) is 0 Å². The van der Waals surface area contributed by atoms with Gasteiger partial charge in [0.1, 0.15) is 0 Å². The molecule has 0 aliphatic carbocycles. The Bertz CT molecular complexity index is 504. The Morgan fingerprint density at radius 3 is 2.65 bits per heavy atom. The predicted molar refractivity (Wildman–Crippen MR) is 72.0 cm³/mol. The van der Waals surface area contributed by atoms with Gasteiger partial charge in [0.05, 0.1) is 17.4 Å². The molecule has 0 aromatic rings. The second kappa shape index (κ2) is 5.69. The number of carboxylic acid groups (broad SMARTS) is 1. The molecule has 2 fully saturated rings. The Morgan fingerprint density at radius 2 is 2.10 bits per heavy atom. The highest BCUT2D eigenvalue weighted by molar-refractivity contribution is 7.91. The zero-order valence-electron chi connectivity index (χ0n) is 11.4. The standard InChI is InChI=1S/C12H20N2O5S/c1-8-10(12(16)17)2-4-14(8)11(15)6-9-7-20(18,19)5-3-13-9/h8-10,13H,2-7H2,1H3,(H,16,17). The number of carboxylic acids is 1. The maximum Gasteiger partial charge on any atom is 0.308 e. The van der Waals surface area contributed by atoms with Crippen LogP contribution in [0.25, 0.3) is 0 Å². The number of carbonyl (C=O) groups is 2. The molecule has 7 nitrogen and oxygen atoms in total. The molecule has 0 saturated carbocycles. The summed E-state index contributed by atoms with van der Waals surface area (Å²) in [4.78, 5) is 24.8. The molecule has 0 aromatic heterocycles. The van der Waals surface area contributed by atoms with E-state index in [1.165, 1.54) is 0 Å². The number of hydrogen-bond acceptors (Lipinski definition) is 5. The summed E-state index contributed by atoms with van der Waals surface area (Å²) in [5.74, 6) is -1.49. The van der Waals surface area contributed by atoms with Crippen LogP contribution in [0, 0.1) is 5.92 Å². The molecule has 1 amide bonds. The molecule has 3 atom stereocenters. The molecule has 2 aliphatic rings. The fourth-order valence-electron chi connectivity index (χ4n) is 2.95. The normalized spacial score (nSPS) is 33.0. The summed E-state index contributed by atoms with van der Waals surface area (Å²) in [6, 6.07) is -0.697. The van der Waals surface area contributed by atoms with E-state index in [0.29, 0.717) is 19.5 Å². The highest BCUT2D eigenvalue weighted by Gasteiger charge is 2.39. The minimum atomic E-state index is -3.07. The molecule has 0 bridgehead atoms. The minimum Gasteiger partial charge on any atom is -0.481 e. The molecule has 0 spiro atoms. The lowest BCUT2D eigenvalue weighted by Gasteiger charge is -2.28. The van der Waals surface area contributed by atoms with Crippen LogP contribution in [-0.4, -0.2) is 67.0 Å². The first-order chi connectivity index (χ1) is 9.30. The smallest absolute Gasteiger partial charge is 0.308 e. The zero-order valence-corrected chi connectivity index (χ0v) is 12.2. The second-order valence-corrected chi connectivity index (χ2v) is 7.76. The number of likely N-dealkylation sites (tertiary alicyclic amines) is 1. The third-order valence-corrected chi connectivity index (χ3v) is 5.85. The molecule has 2 saturated heterocycles. The van der Waals surface area contributed by atoms with E-state index in [4.69, 9.17) is 5.11 Å². The number of aliphatic carboxylic acids is 1. The molecule has 0 aromatic carbocycles. The quantitative estimate of drug-likeness (QED) is 0.699. The van der Waals surface area contributed by atoms with Gasteiger partial charge in [0.25, 0.3) is 0 Å². The number of amides is 1. The number of nitrogens with zero attached hydrogens (tertiary/aromatic N) is 1. The maximum atomic E-state index is 12.2. The van der Waals surface area contributed by atoms with Gasteiger partial charge >= 0.3 is 5.97 Å². The molecule has 2 heterocycles. The third kappa shape index (κ3) is 3.29. The van der Waals surface area contributed by atoms with Crippen molar-refractivity contribution in [1.82, 2.24) is 10.2 Å². The van der Waals surface area contributed by atoms with Gasteiger partial charge in [-0.3, -0.25) is 9.59 Å². The Morgan fingerprint density at radius 1 is 1.40 bits per heavy atom. The summed E-state index contributed by atoms with van der Waals surface area (Å²) >= 11 is 0. The molecule has 3 unspecified atom stereocenters. The van der Waals surface area contributed by atoms with E-state index in [-0.39, 0.29) is 35.9 Å². The van der Waals surface area contributed by atoms with Crippen LogP contribution in [0.5, 0.6) is 0 Å². The Hall–Kier alpha value is -1.15. The van der Waals surface area contributed by atoms with Gasteiger partial charge in [-0.25, -0.2) is 8.42 Å². The first kappa shape index (κ1) is 15.2. The summed E-state index contributed by atoms with van der Waals surface area (Å²) in [6.45, 7) is 2.53. The van der Waals surface area contributed by atoms with Crippen molar-refractivity contribution in [2.24, 2.45) is 5.92 Å². The lowest BCUT2D eigenvalue weighted by Crippen LogP contribution is -2.48. The van der Waals surface area contributed by atoms with Crippen LogP contribution < -0.4 is 5.32 Å². The second-order valence-electron chi connectivity index (χ2n) is 5.53. The number of sulfone groups is 1. The van der Waals surface area contributed by atoms with Crippen molar-refractivity contribution in [3.63, 3.8) is 0 Å². The Balaban J connectivity index is 1.94. The van der Waals surface area contributed by atoms with Crippen molar-refractivity contribution in [2.75, 3.05) is 24.6 Å². The summed E-state index contributed by atoms with van der Waals surface area (Å²) < 4.78 is 23.1. The number of hydrogen-bond donors (Lipinski definition) is 2. The summed E-state index contributed by atoms with van der Waals surface area (Å²) in [7, 11) is -3.07. The van der Waals surface area contributed by atoms with Crippen molar-refractivity contribution in [2.45, 2.75) is 31.8 Å². The van der Waals surface area contributed by atoms with Gasteiger partial charge in [0, 0.05) is 31.6 Å². The summed E-state index contributed by atoms with van der Waals surface area (Å²) in [5.41, 5.74) is 0. The molecular weight excluding hydrogens is 284 g/mol. The SMILES string of the molecule is CC1C(C(=O)O)CCN1C(=O)CC1CS(=O)(=O)CCN1. The third-order valence-electron chi connectivity index (χ3n) is 4.11. The predicted octanol–water partition coefficient (Wildman–Crippen LogP) is -0.915. The van der Waals surface area contributed by atoms with E-state index in [1.807, 2.05) is 0 Å². The minimum absolute atomic E-state index is 0.0245. The van der Waals surface area contributed by atoms with Crippen LogP contribution >= 0.6 is 0 Å². The van der Waals surface area contributed by atoms with E-state index >= 15 is 0 Å². The molecule has 2 rings (SSSR count). The largest absolute Gasteiger partial charge is 0.481 e. The topological polar surface area (TPSA) is 104 Å². The van der Waals surface area contributed by atoms with Gasteiger partial charge in [-0.1, -0.05) is 0 Å². The Kier molecular flexibility index (Phi) is 4.33. The summed E-state index contributed by atoms with van der Waals surface area (Å²) in [6.07, 6.45) is 0.564. The zero-order chi connectivity index (χ0) is 14.9. The van der Waals surface area contributed by atoms with Crippen molar-refractivity contribution in [3.8, 4) is 0 Å². The van der Waals surface area contributed by atoms with Crippen molar-refractivity contribution in [1.29, 1.82) is 0 Å². The molecule has 8 heteroatoms. The van der Waals surface area contributed by atoms with E-state index in [2.05, 4.69) is 5.32 Å². The molecule has 2 aliphatic heterocycles. The lowest BCUT2D eigenvalue weighted by molar-refractivity contribution is -0.143. The van der Waals surface area contributed by atoms with Crippen molar-refractivity contribution >= 4 is 21.7 Å². The molecular formula is C12H20N2O5S. The summed E-state index contributed by atoms with van der Waals surface area (Å²) in [5, 5.41) is 12.1. The maximum absolute atomic E-state index is 12.2. The van der Waals surface area contributed by atoms with Gasteiger partial charge in [0.15, 0.2) is 9.84 Å². The fraction of sp³-hybridized carbons (Fsp3) is 0.833. The molecule has 114 valence electrons. The average Bonchev–Trinajstić information content (AvgIpc) is 2.69. The van der Waals surface area contributed by atoms with Crippen molar-refractivity contribution in [3.05, 3.63) is 0 Å². The number of carbonyl (C=O) groups excluding carboxylic acids is 1. The van der Waals surface area contributed by atoms with Gasteiger partial charge in [-0.05, 0) is 13.3 Å². The van der Waals surface area contributed by atoms with Crippen LogP contribution in [0.3, 0.4) is 0 Å². The molecule has 20 heavy (non-hydrogen) atoms.